The SMILES string of the molecule is C=C1CC2(C=O)CC1CCC2C1CCCC2(C)C(=O)OC(=O)C12. The summed E-state index contributed by atoms with van der Waals surface area (Å²) in [7, 11) is 0. The molecule has 3 aliphatic carbocycles. The van der Waals surface area contributed by atoms with Crippen LogP contribution in [0.5, 0.6) is 0 Å². The van der Waals surface area contributed by atoms with Crippen molar-refractivity contribution in [1.82, 2.24) is 0 Å². The van der Waals surface area contributed by atoms with E-state index in [2.05, 4.69) is 6.58 Å². The Labute approximate surface area is 136 Å². The molecule has 1 heterocycles. The summed E-state index contributed by atoms with van der Waals surface area (Å²) in [5, 5.41) is 0. The summed E-state index contributed by atoms with van der Waals surface area (Å²) in [6, 6.07) is 0. The molecule has 2 bridgehead atoms. The minimum Gasteiger partial charge on any atom is -0.392 e. The Morgan fingerprint density at radius 3 is 2.78 bits per heavy atom. The van der Waals surface area contributed by atoms with Crippen molar-refractivity contribution >= 4 is 18.2 Å². The van der Waals surface area contributed by atoms with E-state index in [4.69, 9.17) is 4.74 Å². The third-order valence-electron chi connectivity index (χ3n) is 7.34. The molecule has 0 N–H and O–H groups in total. The van der Waals surface area contributed by atoms with Gasteiger partial charge in [-0.25, -0.2) is 0 Å². The second-order valence-electron chi connectivity index (χ2n) is 8.43. The third-order valence-corrected chi connectivity index (χ3v) is 7.34. The molecule has 1 saturated heterocycles. The van der Waals surface area contributed by atoms with Crippen molar-refractivity contribution in [3.05, 3.63) is 12.2 Å². The molecule has 0 radical (unpaired) electrons. The van der Waals surface area contributed by atoms with Crippen molar-refractivity contribution in [2.24, 2.45) is 34.5 Å². The first-order valence-corrected chi connectivity index (χ1v) is 8.81. The average Bonchev–Trinajstić information content (AvgIpc) is 2.91. The zero-order valence-electron chi connectivity index (χ0n) is 13.7. The fourth-order valence-electron chi connectivity index (χ4n) is 6.19. The number of hydrogen-bond acceptors (Lipinski definition) is 4. The molecule has 0 spiro atoms. The van der Waals surface area contributed by atoms with Gasteiger partial charge in [0.2, 0.25) is 0 Å². The Bertz CT molecular complexity index is 608. The van der Waals surface area contributed by atoms with Gasteiger partial charge in [0.25, 0.3) is 0 Å². The lowest BCUT2D eigenvalue weighted by Crippen LogP contribution is -2.47. The van der Waals surface area contributed by atoms with E-state index in [0.717, 1.165) is 51.2 Å². The maximum atomic E-state index is 12.4. The van der Waals surface area contributed by atoms with Crippen LogP contribution in [-0.4, -0.2) is 18.2 Å². The second kappa shape index (κ2) is 4.78. The van der Waals surface area contributed by atoms with Gasteiger partial charge in [-0.05, 0) is 63.2 Å². The number of hydrogen-bond donors (Lipinski definition) is 0. The van der Waals surface area contributed by atoms with Gasteiger partial charge in [-0.15, -0.1) is 0 Å². The average molecular weight is 316 g/mol. The van der Waals surface area contributed by atoms with Gasteiger partial charge in [0.1, 0.15) is 6.29 Å². The molecular weight excluding hydrogens is 292 g/mol. The molecule has 0 aromatic carbocycles. The quantitative estimate of drug-likeness (QED) is 0.340. The second-order valence-corrected chi connectivity index (χ2v) is 8.43. The van der Waals surface area contributed by atoms with Crippen molar-refractivity contribution in [3.63, 3.8) is 0 Å². The van der Waals surface area contributed by atoms with Crippen LogP contribution in [0, 0.1) is 34.5 Å². The van der Waals surface area contributed by atoms with Gasteiger partial charge in [0.05, 0.1) is 11.3 Å². The van der Waals surface area contributed by atoms with Crippen LogP contribution in [0.2, 0.25) is 0 Å². The summed E-state index contributed by atoms with van der Waals surface area (Å²) < 4.78 is 5.02. The molecule has 6 atom stereocenters. The summed E-state index contributed by atoms with van der Waals surface area (Å²) in [5.74, 6) is -0.355. The first-order chi connectivity index (χ1) is 10.9. The summed E-state index contributed by atoms with van der Waals surface area (Å²) in [4.78, 5) is 36.6. The van der Waals surface area contributed by atoms with E-state index in [9.17, 15) is 14.4 Å². The molecule has 4 fully saturated rings. The van der Waals surface area contributed by atoms with Crippen LogP contribution in [0.4, 0.5) is 0 Å². The molecule has 6 unspecified atom stereocenters. The van der Waals surface area contributed by atoms with Gasteiger partial charge < -0.3 is 9.53 Å². The maximum absolute atomic E-state index is 12.4. The Morgan fingerprint density at radius 2 is 2.04 bits per heavy atom. The number of cyclic esters (lactones) is 2. The largest absolute Gasteiger partial charge is 0.392 e. The monoisotopic (exact) mass is 316 g/mol. The number of ether oxygens (including phenoxy) is 1. The first-order valence-electron chi connectivity index (χ1n) is 8.81. The smallest absolute Gasteiger partial charge is 0.320 e. The molecule has 0 aromatic heterocycles. The van der Waals surface area contributed by atoms with Gasteiger partial charge in [0.15, 0.2) is 0 Å². The molecule has 124 valence electrons. The van der Waals surface area contributed by atoms with Crippen LogP contribution < -0.4 is 0 Å². The van der Waals surface area contributed by atoms with E-state index >= 15 is 0 Å². The summed E-state index contributed by atoms with van der Waals surface area (Å²) >= 11 is 0. The Balaban J connectivity index is 1.72. The van der Waals surface area contributed by atoms with E-state index < -0.39 is 5.41 Å². The summed E-state index contributed by atoms with van der Waals surface area (Å²) in [6.07, 6.45) is 7.35. The summed E-state index contributed by atoms with van der Waals surface area (Å²) in [6.45, 7) is 6.05. The Morgan fingerprint density at radius 1 is 1.26 bits per heavy atom. The lowest BCUT2D eigenvalue weighted by atomic mass is 9.53. The van der Waals surface area contributed by atoms with E-state index in [1.807, 2.05) is 6.92 Å². The van der Waals surface area contributed by atoms with Gasteiger partial charge in [0, 0.05) is 5.41 Å². The highest BCUT2D eigenvalue weighted by Gasteiger charge is 2.63. The topological polar surface area (TPSA) is 60.4 Å². The van der Waals surface area contributed by atoms with Gasteiger partial charge in [-0.1, -0.05) is 18.6 Å². The molecule has 1 aliphatic heterocycles. The van der Waals surface area contributed by atoms with Gasteiger partial charge >= 0.3 is 11.9 Å². The predicted molar refractivity (Wildman–Crippen MR) is 83.1 cm³/mol. The van der Waals surface area contributed by atoms with E-state index in [1.165, 1.54) is 5.57 Å². The zero-order valence-corrected chi connectivity index (χ0v) is 13.7. The molecule has 0 aromatic rings. The minimum absolute atomic E-state index is 0.0877. The first kappa shape index (κ1) is 15.1. The highest BCUT2D eigenvalue weighted by Crippen LogP contribution is 2.62. The lowest BCUT2D eigenvalue weighted by molar-refractivity contribution is -0.155. The number of aldehydes is 1. The number of fused-ring (bicyclic) bond motifs is 3. The number of carbonyl (C=O) groups is 3. The molecule has 4 nitrogen and oxygen atoms in total. The molecule has 3 saturated carbocycles. The fourth-order valence-corrected chi connectivity index (χ4v) is 6.19. The molecular formula is C19H24O4. The van der Waals surface area contributed by atoms with Crippen molar-refractivity contribution in [1.29, 1.82) is 0 Å². The minimum atomic E-state index is -0.684. The van der Waals surface area contributed by atoms with E-state index in [-0.39, 0.29) is 35.1 Å². The van der Waals surface area contributed by atoms with Crippen molar-refractivity contribution in [2.45, 2.75) is 51.9 Å². The van der Waals surface area contributed by atoms with Gasteiger partial charge in [-0.2, -0.15) is 0 Å². The van der Waals surface area contributed by atoms with E-state index in [0.29, 0.717) is 5.92 Å². The highest BCUT2D eigenvalue weighted by molar-refractivity contribution is 5.99. The van der Waals surface area contributed by atoms with Crippen LogP contribution in [0.3, 0.4) is 0 Å². The van der Waals surface area contributed by atoms with Crippen LogP contribution in [-0.2, 0) is 19.1 Å². The fraction of sp³-hybridized carbons (Fsp3) is 0.737. The molecule has 4 aliphatic rings. The van der Waals surface area contributed by atoms with Gasteiger partial charge in [-0.3, -0.25) is 9.59 Å². The number of esters is 2. The zero-order chi connectivity index (χ0) is 16.4. The van der Waals surface area contributed by atoms with Crippen LogP contribution in [0.15, 0.2) is 12.2 Å². The number of rotatable bonds is 2. The van der Waals surface area contributed by atoms with Crippen LogP contribution in [0.1, 0.15) is 51.9 Å². The Hall–Kier alpha value is -1.45. The standard InChI is InChI=1S/C19H24O4/c1-11-8-19(10-20)9-12(11)5-6-14(19)13-4-3-7-18(2)15(13)16(21)23-17(18)22/h10,12-15H,1,3-9H2,2H3. The molecule has 4 rings (SSSR count). The van der Waals surface area contributed by atoms with Crippen molar-refractivity contribution in [3.8, 4) is 0 Å². The van der Waals surface area contributed by atoms with Crippen LogP contribution in [0.25, 0.3) is 0 Å². The number of carbonyl (C=O) groups excluding carboxylic acids is 3. The molecule has 23 heavy (non-hydrogen) atoms. The lowest BCUT2D eigenvalue weighted by Gasteiger charge is -2.47. The number of allylic oxidation sites excluding steroid dienone is 1. The maximum Gasteiger partial charge on any atom is 0.320 e. The third kappa shape index (κ3) is 1.87. The van der Waals surface area contributed by atoms with E-state index in [1.54, 1.807) is 0 Å². The van der Waals surface area contributed by atoms with Crippen LogP contribution >= 0.6 is 0 Å². The molecule has 0 amide bonds. The normalized spacial score (nSPS) is 49.0. The molecule has 4 heteroatoms. The predicted octanol–water partition coefficient (Wildman–Crippen LogP) is 3.05. The van der Waals surface area contributed by atoms with Crippen molar-refractivity contribution in [2.75, 3.05) is 0 Å². The Kier molecular flexibility index (Phi) is 3.14. The summed E-state index contributed by atoms with van der Waals surface area (Å²) in [5.41, 5.74) is 0.147. The van der Waals surface area contributed by atoms with Crippen molar-refractivity contribution < 1.29 is 19.1 Å². The highest BCUT2D eigenvalue weighted by atomic mass is 16.6.